The highest BCUT2D eigenvalue weighted by atomic mass is 35.5. The van der Waals surface area contributed by atoms with Crippen molar-refractivity contribution < 1.29 is 4.21 Å². The van der Waals surface area contributed by atoms with Crippen molar-refractivity contribution in [2.75, 3.05) is 24.2 Å². The van der Waals surface area contributed by atoms with Gasteiger partial charge in [-0.05, 0) is 30.2 Å². The number of anilines is 1. The van der Waals surface area contributed by atoms with E-state index >= 15 is 0 Å². The Kier molecular flexibility index (Phi) is 3.32. The average molecular weight is 244 g/mol. The molecular formula is C11H14ClNOS. The Morgan fingerprint density at radius 1 is 1.47 bits per heavy atom. The van der Waals surface area contributed by atoms with Gasteiger partial charge < -0.3 is 4.90 Å². The maximum absolute atomic E-state index is 11.7. The number of hydrogen-bond donors (Lipinski definition) is 0. The molecule has 0 N–H and O–H groups in total. The fourth-order valence-corrected chi connectivity index (χ4v) is 3.24. The van der Waals surface area contributed by atoms with E-state index in [4.69, 9.17) is 11.6 Å². The lowest BCUT2D eigenvalue weighted by Crippen LogP contribution is -2.24. The first-order valence-corrected chi connectivity index (χ1v) is 6.88. The van der Waals surface area contributed by atoms with Gasteiger partial charge >= 0.3 is 0 Å². The van der Waals surface area contributed by atoms with Gasteiger partial charge in [0, 0.05) is 40.9 Å². The Labute approximate surface area is 97.7 Å². The predicted octanol–water partition coefficient (Wildman–Crippen LogP) is 2.43. The third-order valence-corrected chi connectivity index (χ3v) is 4.25. The van der Waals surface area contributed by atoms with Gasteiger partial charge in [-0.15, -0.1) is 0 Å². The molecule has 1 aliphatic heterocycles. The smallest absolute Gasteiger partial charge is 0.0506 e. The molecule has 0 spiro atoms. The second-order valence-electron chi connectivity index (χ2n) is 3.84. The van der Waals surface area contributed by atoms with Gasteiger partial charge in [0.05, 0.1) is 5.75 Å². The van der Waals surface area contributed by atoms with Crippen LogP contribution in [0.3, 0.4) is 0 Å². The number of halogens is 1. The van der Waals surface area contributed by atoms with Gasteiger partial charge in [-0.25, -0.2) is 0 Å². The zero-order valence-corrected chi connectivity index (χ0v) is 10.3. The molecule has 1 atom stereocenters. The molecular weight excluding hydrogens is 230 g/mol. The lowest BCUT2D eigenvalue weighted by molar-refractivity contribution is 0.678. The monoisotopic (exact) mass is 243 g/mol. The molecule has 0 aliphatic carbocycles. The quantitative estimate of drug-likeness (QED) is 0.698. The summed E-state index contributed by atoms with van der Waals surface area (Å²) in [6, 6.07) is 5.83. The largest absolute Gasteiger partial charge is 0.374 e. The van der Waals surface area contributed by atoms with Gasteiger partial charge in [0.1, 0.15) is 0 Å². The second-order valence-corrected chi connectivity index (χ2v) is 5.85. The van der Waals surface area contributed by atoms with Crippen molar-refractivity contribution in [1.82, 2.24) is 0 Å². The van der Waals surface area contributed by atoms with Crippen LogP contribution in [0, 0.1) is 0 Å². The van der Waals surface area contributed by atoms with E-state index in [2.05, 4.69) is 11.9 Å². The van der Waals surface area contributed by atoms with Gasteiger partial charge in [-0.1, -0.05) is 11.6 Å². The molecule has 1 unspecified atom stereocenters. The molecule has 1 aromatic rings. The number of rotatable bonds is 0. The van der Waals surface area contributed by atoms with E-state index < -0.39 is 10.8 Å². The van der Waals surface area contributed by atoms with Crippen molar-refractivity contribution in [3.63, 3.8) is 0 Å². The van der Waals surface area contributed by atoms with Crippen molar-refractivity contribution in [1.29, 1.82) is 0 Å². The van der Waals surface area contributed by atoms with Crippen LogP contribution in [0.25, 0.3) is 0 Å². The summed E-state index contributed by atoms with van der Waals surface area (Å²) in [7, 11) is 1.33. The number of hydrogen-bond acceptors (Lipinski definition) is 2. The van der Waals surface area contributed by atoms with E-state index in [0.29, 0.717) is 5.75 Å². The minimum atomic E-state index is -0.739. The molecule has 0 radical (unpaired) electrons. The highest BCUT2D eigenvalue weighted by Gasteiger charge is 2.14. The summed E-state index contributed by atoms with van der Waals surface area (Å²) in [4.78, 5) is 2.21. The summed E-state index contributed by atoms with van der Waals surface area (Å²) in [5.74, 6) is 1.41. The van der Waals surface area contributed by atoms with E-state index in [9.17, 15) is 4.21 Å². The molecule has 0 saturated carbocycles. The maximum Gasteiger partial charge on any atom is 0.0506 e. The standard InChI is InChI=1S/C11H14ClNOS/c1-13-5-2-6-15(14)8-9-7-10(12)3-4-11(9)13/h3-4,7H,2,5-6,8H2,1H3. The summed E-state index contributed by atoms with van der Waals surface area (Å²) in [6.07, 6.45) is 0.991. The van der Waals surface area contributed by atoms with E-state index in [0.717, 1.165) is 35.0 Å². The molecule has 82 valence electrons. The van der Waals surface area contributed by atoms with Crippen LogP contribution < -0.4 is 4.90 Å². The van der Waals surface area contributed by atoms with Gasteiger partial charge in [0.15, 0.2) is 0 Å². The Morgan fingerprint density at radius 3 is 3.07 bits per heavy atom. The Balaban J connectivity index is 2.41. The van der Waals surface area contributed by atoms with Crippen LogP contribution >= 0.6 is 11.6 Å². The van der Waals surface area contributed by atoms with Crippen molar-refractivity contribution in [2.45, 2.75) is 12.2 Å². The summed E-state index contributed by atoms with van der Waals surface area (Å²) < 4.78 is 11.7. The summed E-state index contributed by atoms with van der Waals surface area (Å²) in [6.45, 7) is 0.959. The van der Waals surface area contributed by atoms with Crippen molar-refractivity contribution >= 4 is 28.1 Å². The second kappa shape index (κ2) is 4.54. The van der Waals surface area contributed by atoms with E-state index in [1.54, 1.807) is 0 Å². The van der Waals surface area contributed by atoms with Crippen molar-refractivity contribution in [3.8, 4) is 0 Å². The van der Waals surface area contributed by atoms with Crippen LogP contribution in [0.2, 0.25) is 5.02 Å². The molecule has 0 saturated heterocycles. The van der Waals surface area contributed by atoms with Crippen LogP contribution in [0.5, 0.6) is 0 Å². The van der Waals surface area contributed by atoms with Crippen molar-refractivity contribution in [2.24, 2.45) is 0 Å². The van der Waals surface area contributed by atoms with Crippen LogP contribution in [0.1, 0.15) is 12.0 Å². The fraction of sp³-hybridized carbons (Fsp3) is 0.455. The Morgan fingerprint density at radius 2 is 2.27 bits per heavy atom. The molecule has 1 aromatic carbocycles. The van der Waals surface area contributed by atoms with E-state index in [1.165, 1.54) is 0 Å². The van der Waals surface area contributed by atoms with E-state index in [-0.39, 0.29) is 0 Å². The Bertz CT molecular complexity index is 394. The molecule has 15 heavy (non-hydrogen) atoms. The summed E-state index contributed by atoms with van der Waals surface area (Å²) >= 11 is 5.95. The normalized spacial score (nSPS) is 21.7. The molecule has 0 bridgehead atoms. The van der Waals surface area contributed by atoms with Gasteiger partial charge in [0.25, 0.3) is 0 Å². The topological polar surface area (TPSA) is 20.3 Å². The number of fused-ring (bicyclic) bond motifs is 1. The minimum Gasteiger partial charge on any atom is -0.374 e. The zero-order chi connectivity index (χ0) is 10.8. The zero-order valence-electron chi connectivity index (χ0n) is 8.70. The molecule has 0 amide bonds. The predicted molar refractivity (Wildman–Crippen MR) is 66.1 cm³/mol. The first-order valence-electron chi connectivity index (χ1n) is 5.01. The number of benzene rings is 1. The van der Waals surface area contributed by atoms with Crippen LogP contribution in [0.15, 0.2) is 18.2 Å². The molecule has 0 fully saturated rings. The van der Waals surface area contributed by atoms with E-state index in [1.807, 2.05) is 18.2 Å². The molecule has 4 heteroatoms. The molecule has 2 rings (SSSR count). The van der Waals surface area contributed by atoms with Crippen LogP contribution in [0.4, 0.5) is 5.69 Å². The summed E-state index contributed by atoms with van der Waals surface area (Å²) in [5, 5.41) is 0.722. The summed E-state index contributed by atoms with van der Waals surface area (Å²) in [5.41, 5.74) is 2.26. The van der Waals surface area contributed by atoms with Crippen LogP contribution in [-0.2, 0) is 16.6 Å². The minimum absolute atomic E-state index is 0.625. The first kappa shape index (κ1) is 11.0. The lowest BCUT2D eigenvalue weighted by atomic mass is 10.2. The molecule has 0 aromatic heterocycles. The third kappa shape index (κ3) is 2.52. The third-order valence-electron chi connectivity index (χ3n) is 2.63. The average Bonchev–Trinajstić information content (AvgIpc) is 2.15. The number of nitrogens with zero attached hydrogens (tertiary/aromatic N) is 1. The fourth-order valence-electron chi connectivity index (χ4n) is 1.87. The maximum atomic E-state index is 11.7. The van der Waals surface area contributed by atoms with Gasteiger partial charge in [-0.2, -0.15) is 0 Å². The molecule has 2 nitrogen and oxygen atoms in total. The van der Waals surface area contributed by atoms with Gasteiger partial charge in [-0.3, -0.25) is 4.21 Å². The molecule has 1 heterocycles. The Hall–Kier alpha value is -0.540. The van der Waals surface area contributed by atoms with Gasteiger partial charge in [0.2, 0.25) is 0 Å². The lowest BCUT2D eigenvalue weighted by Gasteiger charge is -2.24. The van der Waals surface area contributed by atoms with Crippen LogP contribution in [-0.4, -0.2) is 23.6 Å². The SMILES string of the molecule is CN1CCCS(=O)Cc2cc(Cl)ccc21. The molecule has 1 aliphatic rings. The highest BCUT2D eigenvalue weighted by Crippen LogP contribution is 2.26. The van der Waals surface area contributed by atoms with Crippen molar-refractivity contribution in [3.05, 3.63) is 28.8 Å². The first-order chi connectivity index (χ1) is 7.16. The highest BCUT2D eigenvalue weighted by molar-refractivity contribution is 7.84.